The third-order valence-corrected chi connectivity index (χ3v) is 2.70. The normalized spacial score (nSPS) is 9.87. The molecule has 0 aliphatic heterocycles. The second-order valence-electron chi connectivity index (χ2n) is 2.86. The molecule has 0 atom stereocenters. The molecule has 2 aromatic rings. The molecule has 0 radical (unpaired) electrons. The zero-order valence-corrected chi connectivity index (χ0v) is 8.84. The van der Waals surface area contributed by atoms with Gasteiger partial charge in [0.15, 0.2) is 0 Å². The number of hydrogen-bond donors (Lipinski definition) is 1. The minimum Gasteiger partial charge on any atom is -0.408 e. The van der Waals surface area contributed by atoms with Gasteiger partial charge in [0.25, 0.3) is 0 Å². The third-order valence-electron chi connectivity index (χ3n) is 1.71. The zero-order valence-electron chi connectivity index (χ0n) is 8.02. The summed E-state index contributed by atoms with van der Waals surface area (Å²) < 4.78 is 5.14. The Morgan fingerprint density at radius 2 is 2.40 bits per heavy atom. The van der Waals surface area contributed by atoms with Gasteiger partial charge in [-0.2, -0.15) is 5.26 Å². The summed E-state index contributed by atoms with van der Waals surface area (Å²) in [5.74, 6) is 0.529. The molecule has 6 heteroatoms. The Hall–Kier alpha value is -1.87. The summed E-state index contributed by atoms with van der Waals surface area (Å²) in [6, 6.07) is 6.19. The first-order chi connectivity index (χ1) is 7.28. The molecule has 76 valence electrons. The molecule has 0 fully saturated rings. The van der Waals surface area contributed by atoms with Crippen LogP contribution >= 0.6 is 11.3 Å². The first kappa shape index (κ1) is 9.68. The summed E-state index contributed by atoms with van der Waals surface area (Å²) >= 11 is 1.45. The Morgan fingerprint density at radius 3 is 3.00 bits per heavy atom. The molecule has 0 saturated carbocycles. The van der Waals surface area contributed by atoms with Crippen molar-refractivity contribution < 1.29 is 4.42 Å². The van der Waals surface area contributed by atoms with E-state index in [1.807, 2.05) is 6.07 Å². The van der Waals surface area contributed by atoms with Gasteiger partial charge in [0.2, 0.25) is 5.89 Å². The van der Waals surface area contributed by atoms with Crippen LogP contribution in [-0.4, -0.2) is 10.2 Å². The molecule has 2 heterocycles. The van der Waals surface area contributed by atoms with Gasteiger partial charge in [0.05, 0.1) is 6.54 Å². The molecule has 0 aromatic carbocycles. The highest BCUT2D eigenvalue weighted by Crippen LogP contribution is 2.16. The van der Waals surface area contributed by atoms with E-state index >= 15 is 0 Å². The van der Waals surface area contributed by atoms with Crippen LogP contribution < -0.4 is 5.32 Å². The molecule has 0 unspecified atom stereocenters. The van der Waals surface area contributed by atoms with E-state index in [2.05, 4.69) is 21.6 Å². The Morgan fingerprint density at radius 1 is 1.53 bits per heavy atom. The van der Waals surface area contributed by atoms with Crippen LogP contribution in [0.5, 0.6) is 0 Å². The van der Waals surface area contributed by atoms with Crippen molar-refractivity contribution in [3.8, 4) is 6.07 Å². The summed E-state index contributed by atoms with van der Waals surface area (Å²) in [6.45, 7) is 2.32. The van der Waals surface area contributed by atoms with Crippen LogP contribution in [-0.2, 0) is 6.54 Å². The van der Waals surface area contributed by atoms with Crippen molar-refractivity contribution in [2.45, 2.75) is 13.5 Å². The van der Waals surface area contributed by atoms with Crippen LogP contribution in [0.15, 0.2) is 16.5 Å². The van der Waals surface area contributed by atoms with Crippen molar-refractivity contribution >= 4 is 17.4 Å². The number of nitrogens with one attached hydrogen (secondary N) is 1. The number of thiophene rings is 1. The van der Waals surface area contributed by atoms with Crippen LogP contribution in [0.4, 0.5) is 6.01 Å². The van der Waals surface area contributed by atoms with E-state index in [4.69, 9.17) is 9.68 Å². The minimum absolute atomic E-state index is 0.402. The van der Waals surface area contributed by atoms with Gasteiger partial charge in [-0.1, -0.05) is 5.10 Å². The maximum atomic E-state index is 8.64. The first-order valence-electron chi connectivity index (χ1n) is 4.31. The number of nitrogens with zero attached hydrogens (tertiary/aromatic N) is 3. The highest BCUT2D eigenvalue weighted by atomic mass is 32.1. The van der Waals surface area contributed by atoms with Gasteiger partial charge in [0, 0.05) is 11.8 Å². The lowest BCUT2D eigenvalue weighted by atomic mass is 10.4. The van der Waals surface area contributed by atoms with Gasteiger partial charge in [-0.3, -0.25) is 0 Å². The number of aryl methyl sites for hydroxylation is 1. The predicted molar refractivity (Wildman–Crippen MR) is 55.4 cm³/mol. The van der Waals surface area contributed by atoms with Gasteiger partial charge >= 0.3 is 6.01 Å². The lowest BCUT2D eigenvalue weighted by molar-refractivity contribution is 0.531. The molecular weight excluding hydrogens is 212 g/mol. The van der Waals surface area contributed by atoms with Crippen LogP contribution in [0.25, 0.3) is 0 Å². The fourth-order valence-electron chi connectivity index (χ4n) is 1.06. The van der Waals surface area contributed by atoms with Gasteiger partial charge in [-0.25, -0.2) is 0 Å². The average Bonchev–Trinajstić information content (AvgIpc) is 2.83. The number of aromatic nitrogens is 2. The standard InChI is InChI=1S/C9H8N4OS/c1-6-12-13-9(14-6)11-5-8-3-2-7(4-10)15-8/h2-3H,5H2,1H3,(H,11,13). The topological polar surface area (TPSA) is 74.7 Å². The second-order valence-corrected chi connectivity index (χ2v) is 4.03. The first-order valence-corrected chi connectivity index (χ1v) is 5.12. The van der Waals surface area contributed by atoms with E-state index in [1.165, 1.54) is 11.3 Å². The van der Waals surface area contributed by atoms with Crippen LogP contribution in [0.2, 0.25) is 0 Å². The van der Waals surface area contributed by atoms with E-state index < -0.39 is 0 Å². The predicted octanol–water partition coefficient (Wildman–Crippen LogP) is 1.92. The summed E-state index contributed by atoms with van der Waals surface area (Å²) in [6.07, 6.45) is 0. The number of nitriles is 1. The fourth-order valence-corrected chi connectivity index (χ4v) is 1.81. The lowest BCUT2D eigenvalue weighted by Gasteiger charge is -1.96. The fraction of sp³-hybridized carbons (Fsp3) is 0.222. The molecular formula is C9H8N4OS. The van der Waals surface area contributed by atoms with Crippen LogP contribution in [0.3, 0.4) is 0 Å². The average molecular weight is 220 g/mol. The van der Waals surface area contributed by atoms with Gasteiger partial charge in [-0.05, 0) is 12.1 Å². The molecule has 2 rings (SSSR count). The molecule has 0 bridgehead atoms. The van der Waals surface area contributed by atoms with Crippen LogP contribution in [0, 0.1) is 18.3 Å². The Bertz CT molecular complexity index is 496. The van der Waals surface area contributed by atoms with Crippen molar-refractivity contribution in [2.24, 2.45) is 0 Å². The van der Waals surface area contributed by atoms with Crippen molar-refractivity contribution in [3.63, 3.8) is 0 Å². The smallest absolute Gasteiger partial charge is 0.315 e. The zero-order chi connectivity index (χ0) is 10.7. The van der Waals surface area contributed by atoms with E-state index in [-0.39, 0.29) is 0 Å². The summed E-state index contributed by atoms with van der Waals surface area (Å²) in [4.78, 5) is 1.76. The van der Waals surface area contributed by atoms with Crippen molar-refractivity contribution in [1.29, 1.82) is 5.26 Å². The van der Waals surface area contributed by atoms with Gasteiger partial charge in [0.1, 0.15) is 10.9 Å². The van der Waals surface area contributed by atoms with Gasteiger partial charge < -0.3 is 9.73 Å². The molecule has 5 nitrogen and oxygen atoms in total. The largest absolute Gasteiger partial charge is 0.408 e. The SMILES string of the molecule is Cc1nnc(NCc2ccc(C#N)s2)o1. The molecule has 0 amide bonds. The van der Waals surface area contributed by atoms with Crippen molar-refractivity contribution in [3.05, 3.63) is 27.8 Å². The highest BCUT2D eigenvalue weighted by Gasteiger charge is 2.03. The number of rotatable bonds is 3. The Kier molecular flexibility index (Phi) is 2.65. The molecule has 0 spiro atoms. The molecule has 0 aliphatic carbocycles. The van der Waals surface area contributed by atoms with E-state index in [9.17, 15) is 0 Å². The van der Waals surface area contributed by atoms with Crippen molar-refractivity contribution in [1.82, 2.24) is 10.2 Å². The quantitative estimate of drug-likeness (QED) is 0.855. The number of hydrogen-bond acceptors (Lipinski definition) is 6. The molecule has 15 heavy (non-hydrogen) atoms. The molecule has 2 aromatic heterocycles. The monoisotopic (exact) mass is 220 g/mol. The highest BCUT2D eigenvalue weighted by molar-refractivity contribution is 7.12. The molecule has 0 aliphatic rings. The maximum Gasteiger partial charge on any atom is 0.315 e. The summed E-state index contributed by atoms with van der Waals surface area (Å²) in [7, 11) is 0. The van der Waals surface area contributed by atoms with Crippen molar-refractivity contribution in [2.75, 3.05) is 5.32 Å². The Balaban J connectivity index is 1.96. The summed E-state index contributed by atoms with van der Waals surface area (Å²) in [5.41, 5.74) is 0. The summed E-state index contributed by atoms with van der Waals surface area (Å²) in [5, 5.41) is 19.1. The molecule has 0 saturated heterocycles. The number of anilines is 1. The third kappa shape index (κ3) is 2.33. The van der Waals surface area contributed by atoms with Gasteiger partial charge in [-0.15, -0.1) is 16.4 Å². The van der Waals surface area contributed by atoms with E-state index in [0.717, 1.165) is 4.88 Å². The lowest BCUT2D eigenvalue weighted by Crippen LogP contribution is -1.97. The van der Waals surface area contributed by atoms with E-state index in [1.54, 1.807) is 13.0 Å². The molecule has 1 N–H and O–H groups in total. The van der Waals surface area contributed by atoms with Crippen LogP contribution in [0.1, 0.15) is 15.6 Å². The minimum atomic E-state index is 0.402. The Labute approximate surface area is 90.4 Å². The van der Waals surface area contributed by atoms with E-state index in [0.29, 0.717) is 23.3 Å². The second kappa shape index (κ2) is 4.11. The maximum absolute atomic E-state index is 8.64.